The van der Waals surface area contributed by atoms with Gasteiger partial charge < -0.3 is 9.64 Å². The first-order valence-electron chi connectivity index (χ1n) is 8.94. The van der Waals surface area contributed by atoms with Crippen LogP contribution in [0.15, 0.2) is 47.4 Å². The molecule has 1 aliphatic heterocycles. The first kappa shape index (κ1) is 18.9. The fourth-order valence-electron chi connectivity index (χ4n) is 3.36. The molecule has 0 aromatic heterocycles. The van der Waals surface area contributed by atoms with Gasteiger partial charge >= 0.3 is 0 Å². The first-order chi connectivity index (χ1) is 12.4. The van der Waals surface area contributed by atoms with Gasteiger partial charge in [-0.25, -0.2) is 8.42 Å². The molecule has 3 rings (SSSR count). The van der Waals surface area contributed by atoms with E-state index >= 15 is 0 Å². The van der Waals surface area contributed by atoms with Crippen molar-refractivity contribution in [2.45, 2.75) is 25.3 Å². The van der Waals surface area contributed by atoms with E-state index in [1.165, 1.54) is 4.90 Å². The molecule has 2 aromatic carbocycles. The van der Waals surface area contributed by atoms with Gasteiger partial charge in [-0.3, -0.25) is 0 Å². The van der Waals surface area contributed by atoms with Crippen molar-refractivity contribution in [3.63, 3.8) is 0 Å². The van der Waals surface area contributed by atoms with Crippen LogP contribution in [0.25, 0.3) is 0 Å². The van der Waals surface area contributed by atoms with E-state index in [9.17, 15) is 8.42 Å². The van der Waals surface area contributed by atoms with Gasteiger partial charge in [0.1, 0.15) is 12.3 Å². The van der Waals surface area contributed by atoms with Crippen molar-refractivity contribution in [3.05, 3.63) is 59.2 Å². The van der Waals surface area contributed by atoms with Crippen molar-refractivity contribution in [1.29, 1.82) is 0 Å². The average Bonchev–Trinajstić information content (AvgIpc) is 2.65. The Morgan fingerprint density at radius 1 is 1.04 bits per heavy atom. The molecular formula is C20H27N2O3S+. The predicted molar refractivity (Wildman–Crippen MR) is 102 cm³/mol. The number of methoxy groups -OCH3 is 1. The van der Waals surface area contributed by atoms with Crippen molar-refractivity contribution in [2.75, 3.05) is 33.3 Å². The average molecular weight is 376 g/mol. The van der Waals surface area contributed by atoms with Crippen LogP contribution < -0.4 is 9.64 Å². The second-order valence-electron chi connectivity index (χ2n) is 6.89. The highest BCUT2D eigenvalue weighted by molar-refractivity contribution is 7.89. The normalized spacial score (nSPS) is 16.6. The van der Waals surface area contributed by atoms with Crippen LogP contribution in [-0.4, -0.2) is 46.0 Å². The number of rotatable bonds is 5. The number of piperazine rings is 1. The highest BCUT2D eigenvalue weighted by Crippen LogP contribution is 2.19. The monoisotopic (exact) mass is 375 g/mol. The third-order valence-corrected chi connectivity index (χ3v) is 7.07. The molecule has 0 unspecified atom stereocenters. The number of nitrogens with zero attached hydrogens (tertiary/aromatic N) is 1. The van der Waals surface area contributed by atoms with Gasteiger partial charge in [-0.1, -0.05) is 18.2 Å². The Labute approximate surface area is 156 Å². The molecule has 0 atom stereocenters. The Kier molecular flexibility index (Phi) is 5.65. The molecule has 1 N–H and O–H groups in total. The fraction of sp³-hybridized carbons (Fsp3) is 0.400. The van der Waals surface area contributed by atoms with Crippen LogP contribution in [0.3, 0.4) is 0 Å². The van der Waals surface area contributed by atoms with Crippen molar-refractivity contribution >= 4 is 10.0 Å². The maximum atomic E-state index is 12.9. The highest BCUT2D eigenvalue weighted by Gasteiger charge is 2.30. The van der Waals surface area contributed by atoms with Gasteiger partial charge in [0.05, 0.1) is 38.2 Å². The Hall–Kier alpha value is -1.89. The lowest BCUT2D eigenvalue weighted by molar-refractivity contribution is -0.917. The van der Waals surface area contributed by atoms with Gasteiger partial charge in [-0.05, 0) is 49.2 Å². The van der Waals surface area contributed by atoms with Crippen molar-refractivity contribution in [1.82, 2.24) is 4.31 Å². The maximum absolute atomic E-state index is 12.9. The van der Waals surface area contributed by atoms with E-state index in [4.69, 9.17) is 4.74 Å². The number of para-hydroxylation sites is 1. The van der Waals surface area contributed by atoms with E-state index in [-0.39, 0.29) is 0 Å². The van der Waals surface area contributed by atoms with Crippen molar-refractivity contribution in [3.8, 4) is 5.75 Å². The molecule has 0 spiro atoms. The number of benzene rings is 2. The predicted octanol–water partition coefficient (Wildman–Crippen LogP) is 1.40. The lowest BCUT2D eigenvalue weighted by atomic mass is 10.1. The molecule has 1 saturated heterocycles. The summed E-state index contributed by atoms with van der Waals surface area (Å²) in [4.78, 5) is 1.77. The Morgan fingerprint density at radius 3 is 2.38 bits per heavy atom. The summed E-state index contributed by atoms with van der Waals surface area (Å²) < 4.78 is 32.9. The number of quaternary nitrogens is 1. The Bertz CT molecular complexity index is 872. The molecule has 1 fully saturated rings. The number of hydrogen-bond donors (Lipinski definition) is 1. The second-order valence-corrected chi connectivity index (χ2v) is 8.83. The summed E-state index contributed by atoms with van der Waals surface area (Å²) in [7, 11) is -1.73. The zero-order valence-electron chi connectivity index (χ0n) is 15.7. The van der Waals surface area contributed by atoms with Gasteiger partial charge in [-0.15, -0.1) is 0 Å². The molecule has 0 saturated carbocycles. The third kappa shape index (κ3) is 3.92. The van der Waals surface area contributed by atoms with E-state index in [0.717, 1.165) is 42.1 Å². The van der Waals surface area contributed by atoms with E-state index in [1.807, 2.05) is 38.1 Å². The fourth-order valence-corrected chi connectivity index (χ4v) is 4.89. The highest BCUT2D eigenvalue weighted by atomic mass is 32.2. The molecule has 140 valence electrons. The van der Waals surface area contributed by atoms with Crippen LogP contribution in [0.2, 0.25) is 0 Å². The number of aryl methyl sites for hydroxylation is 2. The zero-order valence-corrected chi connectivity index (χ0v) is 16.5. The summed E-state index contributed by atoms with van der Waals surface area (Å²) in [5, 5.41) is 0. The van der Waals surface area contributed by atoms with Gasteiger partial charge in [0.2, 0.25) is 10.0 Å². The second kappa shape index (κ2) is 7.78. The molecule has 5 nitrogen and oxygen atoms in total. The largest absolute Gasteiger partial charge is 0.496 e. The first-order valence-corrected chi connectivity index (χ1v) is 10.4. The van der Waals surface area contributed by atoms with E-state index in [0.29, 0.717) is 18.0 Å². The van der Waals surface area contributed by atoms with E-state index in [2.05, 4.69) is 6.07 Å². The quantitative estimate of drug-likeness (QED) is 0.860. The Balaban J connectivity index is 1.67. The lowest BCUT2D eigenvalue weighted by Crippen LogP contribution is -3.13. The van der Waals surface area contributed by atoms with Crippen LogP contribution in [-0.2, 0) is 16.6 Å². The lowest BCUT2D eigenvalue weighted by Gasteiger charge is -2.31. The number of sulfonamides is 1. The van der Waals surface area contributed by atoms with Crippen LogP contribution in [0.4, 0.5) is 0 Å². The minimum Gasteiger partial charge on any atom is -0.496 e. The smallest absolute Gasteiger partial charge is 0.243 e. The molecule has 0 amide bonds. The van der Waals surface area contributed by atoms with Crippen LogP contribution in [0.1, 0.15) is 16.7 Å². The Morgan fingerprint density at radius 2 is 1.73 bits per heavy atom. The minimum absolute atomic E-state index is 0.397. The molecular weight excluding hydrogens is 348 g/mol. The van der Waals surface area contributed by atoms with E-state index in [1.54, 1.807) is 23.5 Å². The van der Waals surface area contributed by atoms with Crippen LogP contribution in [0.5, 0.6) is 5.75 Å². The number of ether oxygens (including phenoxy) is 1. The minimum atomic E-state index is -3.42. The summed E-state index contributed by atoms with van der Waals surface area (Å²) in [6, 6.07) is 13.4. The van der Waals surface area contributed by atoms with Crippen molar-refractivity contribution < 1.29 is 18.1 Å². The summed E-state index contributed by atoms with van der Waals surface area (Å²) in [6.45, 7) is 7.46. The summed E-state index contributed by atoms with van der Waals surface area (Å²) in [5.74, 6) is 0.894. The molecule has 6 heteroatoms. The van der Waals surface area contributed by atoms with Gasteiger partial charge in [0.25, 0.3) is 0 Å². The molecule has 0 aliphatic carbocycles. The summed E-state index contributed by atoms with van der Waals surface area (Å²) in [6.07, 6.45) is 0. The zero-order chi connectivity index (χ0) is 18.7. The number of hydrogen-bond acceptors (Lipinski definition) is 3. The molecule has 1 heterocycles. The number of nitrogens with one attached hydrogen (secondary N) is 1. The van der Waals surface area contributed by atoms with Crippen LogP contribution in [0, 0.1) is 13.8 Å². The third-order valence-electron chi connectivity index (χ3n) is 5.18. The molecule has 0 radical (unpaired) electrons. The van der Waals surface area contributed by atoms with Crippen molar-refractivity contribution in [2.24, 2.45) is 0 Å². The summed E-state index contributed by atoms with van der Waals surface area (Å²) >= 11 is 0. The van der Waals surface area contributed by atoms with Crippen LogP contribution >= 0.6 is 0 Å². The molecule has 1 aliphatic rings. The molecule has 2 aromatic rings. The van der Waals surface area contributed by atoms with Gasteiger partial charge in [0, 0.05) is 5.56 Å². The molecule has 0 bridgehead atoms. The molecule has 26 heavy (non-hydrogen) atoms. The van der Waals surface area contributed by atoms with Gasteiger partial charge in [0.15, 0.2) is 0 Å². The summed E-state index contributed by atoms with van der Waals surface area (Å²) in [5.41, 5.74) is 3.27. The maximum Gasteiger partial charge on any atom is 0.243 e. The van der Waals surface area contributed by atoms with Gasteiger partial charge in [-0.2, -0.15) is 4.31 Å². The standard InChI is InChI=1S/C20H26N2O3S/c1-16-8-9-19(14-17(16)2)26(23,24)22-12-10-21(11-13-22)15-18-6-4-5-7-20(18)25-3/h4-9,14H,10-13,15H2,1-3H3/p+1. The SMILES string of the molecule is COc1ccccc1C[NH+]1CCN(S(=O)(=O)c2ccc(C)c(C)c2)CC1. The van der Waals surface area contributed by atoms with E-state index < -0.39 is 10.0 Å². The topological polar surface area (TPSA) is 51.1 Å².